The molecule has 0 aromatic heterocycles. The van der Waals surface area contributed by atoms with Gasteiger partial charge in [-0.05, 0) is 36.4 Å². The van der Waals surface area contributed by atoms with E-state index in [1.807, 2.05) is 23.9 Å². The predicted octanol–water partition coefficient (Wildman–Crippen LogP) is 3.47. The van der Waals surface area contributed by atoms with E-state index in [0.29, 0.717) is 6.42 Å². The number of hydrogen-bond donors (Lipinski definition) is 1. The number of para-hydroxylation sites is 1. The standard InChI is InChI=1S/C24H32N2O3S/c1-4-30-24-8-6-5-7-19(24)25-11-13-26(14-12-25)20-15-17-18(16-21(20)27)23(29-3)10-9-22(17)28-2/h5-10,20-21,27H,4,11-16H2,1-3H3/t20-,21-/m0/s1. The van der Waals surface area contributed by atoms with E-state index in [-0.39, 0.29) is 6.04 Å². The lowest BCUT2D eigenvalue weighted by Crippen LogP contribution is -2.56. The van der Waals surface area contributed by atoms with Gasteiger partial charge in [-0.1, -0.05) is 19.1 Å². The molecule has 2 atom stereocenters. The van der Waals surface area contributed by atoms with Gasteiger partial charge in [0, 0.05) is 54.7 Å². The molecule has 0 bridgehead atoms. The van der Waals surface area contributed by atoms with Gasteiger partial charge in [-0.15, -0.1) is 11.8 Å². The van der Waals surface area contributed by atoms with Crippen LogP contribution < -0.4 is 14.4 Å². The molecular weight excluding hydrogens is 396 g/mol. The molecule has 0 radical (unpaired) electrons. The highest BCUT2D eigenvalue weighted by Crippen LogP contribution is 2.38. The Balaban J connectivity index is 1.48. The Hall–Kier alpha value is -1.89. The second kappa shape index (κ2) is 9.50. The van der Waals surface area contributed by atoms with E-state index in [9.17, 15) is 5.11 Å². The van der Waals surface area contributed by atoms with Crippen LogP contribution in [0.15, 0.2) is 41.3 Å². The molecule has 6 heteroatoms. The predicted molar refractivity (Wildman–Crippen MR) is 123 cm³/mol. The van der Waals surface area contributed by atoms with Crippen molar-refractivity contribution in [2.24, 2.45) is 0 Å². The minimum Gasteiger partial charge on any atom is -0.496 e. The zero-order chi connectivity index (χ0) is 21.1. The quantitative estimate of drug-likeness (QED) is 0.711. The number of thioether (sulfide) groups is 1. The van der Waals surface area contributed by atoms with E-state index in [1.165, 1.54) is 16.1 Å². The van der Waals surface area contributed by atoms with Gasteiger partial charge in [-0.3, -0.25) is 4.90 Å². The van der Waals surface area contributed by atoms with Crippen LogP contribution in [-0.4, -0.2) is 68.3 Å². The molecule has 5 nitrogen and oxygen atoms in total. The van der Waals surface area contributed by atoms with E-state index >= 15 is 0 Å². The third-order valence-electron chi connectivity index (χ3n) is 6.34. The number of nitrogens with zero attached hydrogens (tertiary/aromatic N) is 2. The highest BCUT2D eigenvalue weighted by Gasteiger charge is 2.36. The van der Waals surface area contributed by atoms with Crippen LogP contribution in [0.5, 0.6) is 11.5 Å². The number of aliphatic hydroxyl groups excluding tert-OH is 1. The molecule has 0 spiro atoms. The Bertz CT molecular complexity index is 868. The molecule has 30 heavy (non-hydrogen) atoms. The Morgan fingerprint density at radius 1 is 0.933 bits per heavy atom. The van der Waals surface area contributed by atoms with Crippen molar-refractivity contribution in [1.82, 2.24) is 4.90 Å². The number of aliphatic hydroxyl groups is 1. The number of hydrogen-bond acceptors (Lipinski definition) is 6. The molecule has 2 aromatic carbocycles. The molecule has 2 aromatic rings. The summed E-state index contributed by atoms with van der Waals surface area (Å²) in [7, 11) is 3.40. The summed E-state index contributed by atoms with van der Waals surface area (Å²) in [6.45, 7) is 6.06. The molecule has 1 heterocycles. The van der Waals surface area contributed by atoms with Crippen molar-refractivity contribution in [3.63, 3.8) is 0 Å². The fourth-order valence-corrected chi connectivity index (χ4v) is 5.66. The zero-order valence-corrected chi connectivity index (χ0v) is 19.0. The van der Waals surface area contributed by atoms with Crippen molar-refractivity contribution < 1.29 is 14.6 Å². The summed E-state index contributed by atoms with van der Waals surface area (Å²) >= 11 is 1.90. The maximum absolute atomic E-state index is 11.0. The van der Waals surface area contributed by atoms with Gasteiger partial charge >= 0.3 is 0 Å². The normalized spacial score (nSPS) is 21.9. The average molecular weight is 429 g/mol. The number of methoxy groups -OCH3 is 2. The molecule has 0 unspecified atom stereocenters. The van der Waals surface area contributed by atoms with Gasteiger partial charge in [0.15, 0.2) is 0 Å². The van der Waals surface area contributed by atoms with Gasteiger partial charge in [0.05, 0.1) is 26.0 Å². The number of benzene rings is 2. The fourth-order valence-electron chi connectivity index (χ4n) is 4.83. The van der Waals surface area contributed by atoms with Crippen LogP contribution in [-0.2, 0) is 12.8 Å². The van der Waals surface area contributed by atoms with Crippen LogP contribution in [0.2, 0.25) is 0 Å². The zero-order valence-electron chi connectivity index (χ0n) is 18.1. The first-order chi connectivity index (χ1) is 14.7. The van der Waals surface area contributed by atoms with Gasteiger partial charge in [-0.2, -0.15) is 0 Å². The molecule has 1 N–H and O–H groups in total. The third kappa shape index (κ3) is 4.13. The van der Waals surface area contributed by atoms with E-state index in [4.69, 9.17) is 9.47 Å². The number of fused-ring (bicyclic) bond motifs is 1. The average Bonchev–Trinajstić information content (AvgIpc) is 2.78. The molecule has 0 saturated carbocycles. The number of rotatable bonds is 6. The first-order valence-corrected chi connectivity index (χ1v) is 11.8. The second-order valence-corrected chi connectivity index (χ2v) is 9.20. The number of piperazine rings is 1. The molecule has 4 rings (SSSR count). The van der Waals surface area contributed by atoms with E-state index in [2.05, 4.69) is 41.0 Å². The van der Waals surface area contributed by atoms with Crippen LogP contribution in [0.3, 0.4) is 0 Å². The van der Waals surface area contributed by atoms with Crippen molar-refractivity contribution in [3.8, 4) is 11.5 Å². The summed E-state index contributed by atoms with van der Waals surface area (Å²) in [5.41, 5.74) is 3.61. The molecule has 1 aliphatic heterocycles. The monoisotopic (exact) mass is 428 g/mol. The Labute approximate surface area is 184 Å². The molecular formula is C24H32N2O3S. The Morgan fingerprint density at radius 3 is 2.20 bits per heavy atom. The minimum atomic E-state index is -0.395. The van der Waals surface area contributed by atoms with E-state index < -0.39 is 6.10 Å². The van der Waals surface area contributed by atoms with Crippen molar-refractivity contribution in [1.29, 1.82) is 0 Å². The van der Waals surface area contributed by atoms with Gasteiger partial charge in [0.2, 0.25) is 0 Å². The summed E-state index contributed by atoms with van der Waals surface area (Å²) in [5, 5.41) is 11.0. The van der Waals surface area contributed by atoms with Crippen molar-refractivity contribution in [3.05, 3.63) is 47.5 Å². The summed E-state index contributed by atoms with van der Waals surface area (Å²) < 4.78 is 11.2. The summed E-state index contributed by atoms with van der Waals surface area (Å²) in [4.78, 5) is 6.30. The number of anilines is 1. The van der Waals surface area contributed by atoms with Gasteiger partial charge in [0.25, 0.3) is 0 Å². The topological polar surface area (TPSA) is 45.2 Å². The summed E-state index contributed by atoms with van der Waals surface area (Å²) in [6.07, 6.45) is 1.00. The highest BCUT2D eigenvalue weighted by molar-refractivity contribution is 7.99. The molecule has 1 fully saturated rings. The molecule has 2 aliphatic rings. The Morgan fingerprint density at radius 2 is 1.57 bits per heavy atom. The fraction of sp³-hybridized carbons (Fsp3) is 0.500. The minimum absolute atomic E-state index is 0.112. The van der Waals surface area contributed by atoms with Gasteiger partial charge in [-0.25, -0.2) is 0 Å². The maximum atomic E-state index is 11.0. The van der Waals surface area contributed by atoms with Gasteiger partial charge < -0.3 is 19.5 Å². The molecule has 162 valence electrons. The lowest BCUT2D eigenvalue weighted by atomic mass is 9.84. The molecule has 1 saturated heterocycles. The first kappa shape index (κ1) is 21.3. The molecule has 0 amide bonds. The van der Waals surface area contributed by atoms with Crippen LogP contribution in [0, 0.1) is 0 Å². The summed E-state index contributed by atoms with van der Waals surface area (Å²) in [5.74, 6) is 2.82. The summed E-state index contributed by atoms with van der Waals surface area (Å²) in [6, 6.07) is 12.7. The smallest absolute Gasteiger partial charge is 0.122 e. The van der Waals surface area contributed by atoms with Crippen LogP contribution in [0.25, 0.3) is 0 Å². The van der Waals surface area contributed by atoms with Crippen molar-refractivity contribution in [2.75, 3.05) is 51.1 Å². The first-order valence-electron chi connectivity index (χ1n) is 10.8. The lowest BCUT2D eigenvalue weighted by molar-refractivity contribution is 0.0384. The largest absolute Gasteiger partial charge is 0.496 e. The number of ether oxygens (including phenoxy) is 2. The SMILES string of the molecule is CCSc1ccccc1N1CCN([C@H]2Cc3c(OC)ccc(OC)c3C[C@@H]2O)CC1. The van der Waals surface area contributed by atoms with Gasteiger partial charge in [0.1, 0.15) is 11.5 Å². The van der Waals surface area contributed by atoms with Crippen molar-refractivity contribution >= 4 is 17.4 Å². The van der Waals surface area contributed by atoms with Crippen molar-refractivity contribution in [2.45, 2.75) is 36.8 Å². The highest BCUT2D eigenvalue weighted by atomic mass is 32.2. The second-order valence-electron chi connectivity index (χ2n) is 7.89. The van der Waals surface area contributed by atoms with Crippen LogP contribution in [0.1, 0.15) is 18.1 Å². The van der Waals surface area contributed by atoms with E-state index in [0.717, 1.165) is 55.4 Å². The van der Waals surface area contributed by atoms with Crippen LogP contribution >= 0.6 is 11.8 Å². The Kier molecular flexibility index (Phi) is 6.76. The third-order valence-corrected chi connectivity index (χ3v) is 7.29. The lowest BCUT2D eigenvalue weighted by Gasteiger charge is -2.44. The molecule has 1 aliphatic carbocycles. The maximum Gasteiger partial charge on any atom is 0.122 e. The van der Waals surface area contributed by atoms with Crippen LogP contribution in [0.4, 0.5) is 5.69 Å². The van der Waals surface area contributed by atoms with E-state index in [1.54, 1.807) is 14.2 Å².